The average molecular weight is 291 g/mol. The fourth-order valence-corrected chi connectivity index (χ4v) is 3.03. The summed E-state index contributed by atoms with van der Waals surface area (Å²) in [7, 11) is 0. The third-order valence-corrected chi connectivity index (χ3v) is 4.19. The topological polar surface area (TPSA) is 29.1 Å². The van der Waals surface area contributed by atoms with Crippen molar-refractivity contribution in [2.45, 2.75) is 26.8 Å². The summed E-state index contributed by atoms with van der Waals surface area (Å²) in [6.45, 7) is 5.74. The second-order valence-electron chi connectivity index (χ2n) is 5.15. The lowest BCUT2D eigenvalue weighted by atomic mass is 10.0. The molecule has 0 fully saturated rings. The van der Waals surface area contributed by atoms with E-state index in [0.717, 1.165) is 4.88 Å². The molecule has 0 saturated heterocycles. The highest BCUT2D eigenvalue weighted by atomic mass is 32.1. The predicted octanol–water partition coefficient (Wildman–Crippen LogP) is 4.32. The summed E-state index contributed by atoms with van der Waals surface area (Å²) in [4.78, 5) is 13.4. The van der Waals surface area contributed by atoms with Crippen molar-refractivity contribution >= 4 is 17.2 Å². The van der Waals surface area contributed by atoms with Gasteiger partial charge in [-0.15, -0.1) is 11.3 Å². The van der Waals surface area contributed by atoms with Crippen molar-refractivity contribution in [2.24, 2.45) is 5.92 Å². The van der Waals surface area contributed by atoms with E-state index in [-0.39, 0.29) is 23.4 Å². The van der Waals surface area contributed by atoms with Gasteiger partial charge >= 0.3 is 0 Å². The van der Waals surface area contributed by atoms with E-state index >= 15 is 0 Å². The minimum atomic E-state index is -0.446. The number of rotatable bonds is 4. The van der Waals surface area contributed by atoms with Crippen LogP contribution in [0.15, 0.2) is 35.7 Å². The SMILES string of the molecule is Cc1cccc(C(=O)NC(c2cccs2)C(C)C)c1F. The van der Waals surface area contributed by atoms with Crippen LogP contribution in [0.3, 0.4) is 0 Å². The maximum Gasteiger partial charge on any atom is 0.254 e. The maximum absolute atomic E-state index is 14.0. The molecule has 1 heterocycles. The standard InChI is InChI=1S/C16H18FNOS/c1-10(2)15(13-8-5-9-20-13)18-16(19)12-7-4-6-11(3)14(12)17/h4-10,15H,1-3H3,(H,18,19). The molecular weight excluding hydrogens is 273 g/mol. The van der Waals surface area contributed by atoms with Crippen LogP contribution in [-0.4, -0.2) is 5.91 Å². The van der Waals surface area contributed by atoms with Gasteiger partial charge in [-0.2, -0.15) is 0 Å². The molecule has 2 nitrogen and oxygen atoms in total. The largest absolute Gasteiger partial charge is 0.344 e. The summed E-state index contributed by atoms with van der Waals surface area (Å²) in [6, 6.07) is 8.72. The lowest BCUT2D eigenvalue weighted by molar-refractivity contribution is 0.0922. The smallest absolute Gasteiger partial charge is 0.254 e. The molecule has 106 valence electrons. The summed E-state index contributed by atoms with van der Waals surface area (Å²) >= 11 is 1.60. The number of hydrogen-bond donors (Lipinski definition) is 1. The zero-order chi connectivity index (χ0) is 14.7. The van der Waals surface area contributed by atoms with Gasteiger partial charge in [-0.05, 0) is 35.9 Å². The van der Waals surface area contributed by atoms with E-state index in [1.807, 2.05) is 31.4 Å². The summed E-state index contributed by atoms with van der Waals surface area (Å²) in [5, 5.41) is 4.91. The van der Waals surface area contributed by atoms with E-state index in [4.69, 9.17) is 0 Å². The van der Waals surface area contributed by atoms with Gasteiger partial charge in [0, 0.05) is 4.88 Å². The molecule has 4 heteroatoms. The third kappa shape index (κ3) is 3.07. The Morgan fingerprint density at radius 3 is 2.60 bits per heavy atom. The first-order valence-corrected chi connectivity index (χ1v) is 7.48. The van der Waals surface area contributed by atoms with Crippen molar-refractivity contribution in [1.29, 1.82) is 0 Å². The second kappa shape index (κ2) is 6.18. The molecule has 1 aromatic carbocycles. The fourth-order valence-electron chi connectivity index (χ4n) is 2.08. The normalized spacial score (nSPS) is 12.4. The average Bonchev–Trinajstić information content (AvgIpc) is 2.92. The molecule has 0 aliphatic heterocycles. The lowest BCUT2D eigenvalue weighted by Crippen LogP contribution is -2.31. The van der Waals surface area contributed by atoms with Gasteiger partial charge in [0.2, 0.25) is 0 Å². The van der Waals surface area contributed by atoms with Crippen molar-refractivity contribution in [2.75, 3.05) is 0 Å². The zero-order valence-corrected chi connectivity index (χ0v) is 12.6. The van der Waals surface area contributed by atoms with Crippen LogP contribution in [-0.2, 0) is 0 Å². The molecule has 1 aromatic heterocycles. The van der Waals surface area contributed by atoms with Crippen molar-refractivity contribution in [3.05, 3.63) is 57.5 Å². The van der Waals surface area contributed by atoms with Crippen LogP contribution in [0.2, 0.25) is 0 Å². The first-order valence-electron chi connectivity index (χ1n) is 6.60. The Labute approximate surface area is 122 Å². The molecule has 0 bridgehead atoms. The van der Waals surface area contributed by atoms with E-state index in [1.165, 1.54) is 6.07 Å². The lowest BCUT2D eigenvalue weighted by Gasteiger charge is -2.21. The Morgan fingerprint density at radius 1 is 1.25 bits per heavy atom. The molecule has 0 saturated carbocycles. The molecule has 1 atom stereocenters. The minimum absolute atomic E-state index is 0.0950. The number of thiophene rings is 1. The summed E-state index contributed by atoms with van der Waals surface area (Å²) in [6.07, 6.45) is 0. The van der Waals surface area contributed by atoms with Crippen LogP contribution in [0.1, 0.15) is 40.7 Å². The van der Waals surface area contributed by atoms with Crippen LogP contribution in [0, 0.1) is 18.7 Å². The number of hydrogen-bond acceptors (Lipinski definition) is 2. The Morgan fingerprint density at radius 2 is 2.00 bits per heavy atom. The zero-order valence-electron chi connectivity index (χ0n) is 11.8. The van der Waals surface area contributed by atoms with Gasteiger partial charge in [0.05, 0.1) is 11.6 Å². The van der Waals surface area contributed by atoms with Crippen molar-refractivity contribution in [3.8, 4) is 0 Å². The van der Waals surface area contributed by atoms with Crippen molar-refractivity contribution in [3.63, 3.8) is 0 Å². The Balaban J connectivity index is 2.23. The number of amides is 1. The van der Waals surface area contributed by atoms with Crippen LogP contribution in [0.5, 0.6) is 0 Å². The monoisotopic (exact) mass is 291 g/mol. The van der Waals surface area contributed by atoms with E-state index < -0.39 is 5.82 Å². The first-order chi connectivity index (χ1) is 9.50. The number of nitrogens with one attached hydrogen (secondary N) is 1. The van der Waals surface area contributed by atoms with Gasteiger partial charge in [0.15, 0.2) is 0 Å². The van der Waals surface area contributed by atoms with E-state index in [1.54, 1.807) is 30.4 Å². The number of aryl methyl sites for hydroxylation is 1. The highest BCUT2D eigenvalue weighted by molar-refractivity contribution is 7.10. The van der Waals surface area contributed by atoms with Gasteiger partial charge in [-0.25, -0.2) is 4.39 Å². The molecule has 0 radical (unpaired) electrons. The quantitative estimate of drug-likeness (QED) is 0.893. The summed E-state index contributed by atoms with van der Waals surface area (Å²) in [5.41, 5.74) is 0.585. The Kier molecular flexibility index (Phi) is 4.55. The number of carbonyl (C=O) groups is 1. The molecule has 1 N–H and O–H groups in total. The molecule has 0 aliphatic carbocycles. The van der Waals surface area contributed by atoms with Crippen LogP contribution >= 0.6 is 11.3 Å². The van der Waals surface area contributed by atoms with Crippen molar-refractivity contribution in [1.82, 2.24) is 5.32 Å². The minimum Gasteiger partial charge on any atom is -0.344 e. The van der Waals surface area contributed by atoms with Gasteiger partial charge in [-0.1, -0.05) is 32.0 Å². The fraction of sp³-hybridized carbons (Fsp3) is 0.312. The molecule has 1 amide bonds. The maximum atomic E-state index is 14.0. The van der Waals surface area contributed by atoms with E-state index in [9.17, 15) is 9.18 Å². The highest BCUT2D eigenvalue weighted by Crippen LogP contribution is 2.26. The van der Waals surface area contributed by atoms with Gasteiger partial charge < -0.3 is 5.32 Å². The van der Waals surface area contributed by atoms with E-state index in [2.05, 4.69) is 5.32 Å². The van der Waals surface area contributed by atoms with Crippen LogP contribution in [0.25, 0.3) is 0 Å². The molecule has 2 aromatic rings. The predicted molar refractivity (Wildman–Crippen MR) is 80.5 cm³/mol. The molecule has 0 aliphatic rings. The molecule has 1 unspecified atom stereocenters. The van der Waals surface area contributed by atoms with Crippen LogP contribution < -0.4 is 5.32 Å². The number of halogens is 1. The van der Waals surface area contributed by atoms with E-state index in [0.29, 0.717) is 5.56 Å². The molecule has 2 rings (SSSR count). The second-order valence-corrected chi connectivity index (χ2v) is 6.13. The van der Waals surface area contributed by atoms with Crippen molar-refractivity contribution < 1.29 is 9.18 Å². The van der Waals surface area contributed by atoms with Crippen LogP contribution in [0.4, 0.5) is 4.39 Å². The first kappa shape index (κ1) is 14.7. The summed E-state index contributed by atoms with van der Waals surface area (Å²) < 4.78 is 14.0. The van der Waals surface area contributed by atoms with Gasteiger partial charge in [-0.3, -0.25) is 4.79 Å². The molecule has 0 spiro atoms. The Hall–Kier alpha value is -1.68. The number of carbonyl (C=O) groups excluding carboxylic acids is 1. The molecular formula is C16H18FNOS. The molecule has 20 heavy (non-hydrogen) atoms. The van der Waals surface area contributed by atoms with Gasteiger partial charge in [0.1, 0.15) is 5.82 Å². The number of benzene rings is 1. The highest BCUT2D eigenvalue weighted by Gasteiger charge is 2.21. The third-order valence-electron chi connectivity index (χ3n) is 3.24. The van der Waals surface area contributed by atoms with Gasteiger partial charge in [0.25, 0.3) is 5.91 Å². The Bertz CT molecular complexity index is 593. The summed E-state index contributed by atoms with van der Waals surface area (Å²) in [5.74, 6) is -0.567.